The number of rotatable bonds is 6. The van der Waals surface area contributed by atoms with Gasteiger partial charge in [-0.3, -0.25) is 4.72 Å². The molecule has 2 aromatic heterocycles. The topological polar surface area (TPSA) is 86.1 Å². The van der Waals surface area contributed by atoms with E-state index in [4.69, 9.17) is 4.74 Å². The summed E-state index contributed by atoms with van der Waals surface area (Å²) < 4.78 is 35.5. The van der Waals surface area contributed by atoms with Gasteiger partial charge in [-0.25, -0.2) is 18.1 Å². The molecule has 0 bridgehead atoms. The van der Waals surface area contributed by atoms with Gasteiger partial charge in [0.1, 0.15) is 10.6 Å². The van der Waals surface area contributed by atoms with Crippen LogP contribution in [0, 0.1) is 6.92 Å². The third kappa shape index (κ3) is 4.17. The molecule has 7 nitrogen and oxygen atoms in total. The number of aromatic nitrogens is 3. The number of benzene rings is 1. The van der Waals surface area contributed by atoms with Crippen molar-refractivity contribution >= 4 is 15.7 Å². The monoisotopic (exact) mass is 398 g/mol. The van der Waals surface area contributed by atoms with Crippen LogP contribution in [-0.2, 0) is 10.0 Å². The minimum atomic E-state index is -3.77. The molecule has 0 aliphatic heterocycles. The second-order valence-corrected chi connectivity index (χ2v) is 8.65. The van der Waals surface area contributed by atoms with Gasteiger partial charge in [0.15, 0.2) is 5.82 Å². The van der Waals surface area contributed by atoms with E-state index in [2.05, 4.69) is 14.8 Å². The molecule has 4 rings (SSSR count). The maximum absolute atomic E-state index is 12.7. The fourth-order valence-electron chi connectivity index (χ4n) is 3.26. The lowest BCUT2D eigenvalue weighted by atomic mass is 10.3. The van der Waals surface area contributed by atoms with Gasteiger partial charge in [-0.05, 0) is 62.4 Å². The summed E-state index contributed by atoms with van der Waals surface area (Å²) in [5, 5.41) is 4.13. The standard InChI is InChI=1S/C20H22N4O3S/c1-15-9-10-21-20(11-15)24-14-19(13-22-24)28(25,26)23-16-5-4-8-18(12-16)27-17-6-2-3-7-17/h4-5,8-14,17,23H,2-3,6-7H2,1H3. The molecule has 1 aliphatic carbocycles. The number of anilines is 1. The Kier molecular flexibility index (Phi) is 5.04. The fraction of sp³-hybridized carbons (Fsp3) is 0.300. The second-order valence-electron chi connectivity index (χ2n) is 6.97. The van der Waals surface area contributed by atoms with Crippen molar-refractivity contribution in [3.05, 3.63) is 60.6 Å². The van der Waals surface area contributed by atoms with Gasteiger partial charge >= 0.3 is 0 Å². The third-order valence-electron chi connectivity index (χ3n) is 4.70. The fourth-order valence-corrected chi connectivity index (χ4v) is 4.24. The van der Waals surface area contributed by atoms with E-state index in [-0.39, 0.29) is 11.0 Å². The van der Waals surface area contributed by atoms with Gasteiger partial charge in [-0.1, -0.05) is 6.07 Å². The molecular formula is C20H22N4O3S. The average molecular weight is 398 g/mol. The van der Waals surface area contributed by atoms with Crippen LogP contribution in [0.2, 0.25) is 0 Å². The van der Waals surface area contributed by atoms with Crippen LogP contribution in [0.3, 0.4) is 0 Å². The first-order valence-electron chi connectivity index (χ1n) is 9.27. The highest BCUT2D eigenvalue weighted by molar-refractivity contribution is 7.92. The lowest BCUT2D eigenvalue weighted by Gasteiger charge is -2.14. The molecule has 0 unspecified atom stereocenters. The van der Waals surface area contributed by atoms with Crippen molar-refractivity contribution in [2.24, 2.45) is 0 Å². The Labute approximate surface area is 164 Å². The highest BCUT2D eigenvalue weighted by Gasteiger charge is 2.19. The molecule has 0 saturated heterocycles. The molecule has 2 heterocycles. The molecule has 1 N–H and O–H groups in total. The molecular weight excluding hydrogens is 376 g/mol. The van der Waals surface area contributed by atoms with Gasteiger partial charge in [0.25, 0.3) is 10.0 Å². The van der Waals surface area contributed by atoms with Crippen LogP contribution in [0.5, 0.6) is 5.75 Å². The highest BCUT2D eigenvalue weighted by Crippen LogP contribution is 2.26. The number of aryl methyl sites for hydroxylation is 1. The smallest absolute Gasteiger partial charge is 0.265 e. The Bertz CT molecular complexity index is 1070. The zero-order valence-electron chi connectivity index (χ0n) is 15.6. The third-order valence-corrected chi connectivity index (χ3v) is 6.03. The maximum Gasteiger partial charge on any atom is 0.265 e. The number of sulfonamides is 1. The minimum absolute atomic E-state index is 0.0675. The molecule has 0 atom stereocenters. The van der Waals surface area contributed by atoms with Crippen molar-refractivity contribution in [2.75, 3.05) is 4.72 Å². The molecule has 3 aromatic rings. The largest absolute Gasteiger partial charge is 0.490 e. The summed E-state index contributed by atoms with van der Waals surface area (Å²) in [7, 11) is -3.77. The number of pyridine rings is 1. The first-order valence-corrected chi connectivity index (χ1v) is 10.8. The molecule has 8 heteroatoms. The predicted octanol–water partition coefficient (Wildman–Crippen LogP) is 3.70. The first kappa shape index (κ1) is 18.5. The van der Waals surface area contributed by atoms with Crippen LogP contribution in [0.25, 0.3) is 5.82 Å². The minimum Gasteiger partial charge on any atom is -0.490 e. The van der Waals surface area contributed by atoms with Crippen molar-refractivity contribution < 1.29 is 13.2 Å². The highest BCUT2D eigenvalue weighted by atomic mass is 32.2. The van der Waals surface area contributed by atoms with Crippen LogP contribution >= 0.6 is 0 Å². The Morgan fingerprint density at radius 3 is 2.79 bits per heavy atom. The summed E-state index contributed by atoms with van der Waals surface area (Å²) in [4.78, 5) is 4.29. The van der Waals surface area contributed by atoms with Gasteiger partial charge < -0.3 is 4.74 Å². The van der Waals surface area contributed by atoms with E-state index in [9.17, 15) is 8.42 Å². The molecule has 0 radical (unpaired) electrons. The predicted molar refractivity (Wildman–Crippen MR) is 106 cm³/mol. The van der Waals surface area contributed by atoms with E-state index in [1.54, 1.807) is 24.4 Å². The molecule has 1 fully saturated rings. The summed E-state index contributed by atoms with van der Waals surface area (Å²) in [6.45, 7) is 1.94. The van der Waals surface area contributed by atoms with Crippen LogP contribution < -0.4 is 9.46 Å². The van der Waals surface area contributed by atoms with E-state index in [1.807, 2.05) is 25.1 Å². The van der Waals surface area contributed by atoms with Gasteiger partial charge in [0.05, 0.1) is 24.2 Å². The molecule has 0 spiro atoms. The van der Waals surface area contributed by atoms with E-state index >= 15 is 0 Å². The van der Waals surface area contributed by atoms with Crippen molar-refractivity contribution in [1.82, 2.24) is 14.8 Å². The maximum atomic E-state index is 12.7. The van der Waals surface area contributed by atoms with E-state index in [0.29, 0.717) is 17.3 Å². The summed E-state index contributed by atoms with van der Waals surface area (Å²) in [5.41, 5.74) is 1.47. The number of ether oxygens (including phenoxy) is 1. The van der Waals surface area contributed by atoms with Crippen LogP contribution in [0.15, 0.2) is 59.9 Å². The number of nitrogens with zero attached hydrogens (tertiary/aromatic N) is 3. The quantitative estimate of drug-likeness (QED) is 0.684. The number of nitrogens with one attached hydrogen (secondary N) is 1. The van der Waals surface area contributed by atoms with E-state index < -0.39 is 10.0 Å². The normalized spacial score (nSPS) is 14.9. The number of hydrogen-bond acceptors (Lipinski definition) is 5. The van der Waals surface area contributed by atoms with Gasteiger partial charge in [-0.15, -0.1) is 0 Å². The molecule has 28 heavy (non-hydrogen) atoms. The summed E-state index contributed by atoms with van der Waals surface area (Å²) in [6, 6.07) is 10.7. The first-order chi connectivity index (χ1) is 13.5. The Balaban J connectivity index is 1.51. The second kappa shape index (κ2) is 7.63. The zero-order chi connectivity index (χ0) is 19.6. The molecule has 0 amide bonds. The molecule has 1 aromatic carbocycles. The van der Waals surface area contributed by atoms with Crippen molar-refractivity contribution in [3.63, 3.8) is 0 Å². The Morgan fingerprint density at radius 2 is 2.00 bits per heavy atom. The van der Waals surface area contributed by atoms with Crippen molar-refractivity contribution in [2.45, 2.75) is 43.6 Å². The average Bonchev–Trinajstić information content (AvgIpc) is 3.34. The van der Waals surface area contributed by atoms with Crippen LogP contribution in [0.1, 0.15) is 31.2 Å². The van der Waals surface area contributed by atoms with Crippen LogP contribution in [-0.4, -0.2) is 29.3 Å². The lowest BCUT2D eigenvalue weighted by molar-refractivity contribution is 0.210. The van der Waals surface area contributed by atoms with E-state index in [0.717, 1.165) is 18.4 Å². The van der Waals surface area contributed by atoms with Gasteiger partial charge in [0, 0.05) is 12.3 Å². The molecule has 146 valence electrons. The summed E-state index contributed by atoms with van der Waals surface area (Å²) in [6.07, 6.45) is 9.08. The van der Waals surface area contributed by atoms with Gasteiger partial charge in [0.2, 0.25) is 0 Å². The summed E-state index contributed by atoms with van der Waals surface area (Å²) >= 11 is 0. The Hall–Kier alpha value is -2.87. The lowest BCUT2D eigenvalue weighted by Crippen LogP contribution is -2.13. The molecule has 1 saturated carbocycles. The van der Waals surface area contributed by atoms with Crippen LogP contribution in [0.4, 0.5) is 5.69 Å². The van der Waals surface area contributed by atoms with E-state index in [1.165, 1.54) is 29.9 Å². The summed E-state index contributed by atoms with van der Waals surface area (Å²) in [5.74, 6) is 1.24. The van der Waals surface area contributed by atoms with Crippen molar-refractivity contribution in [3.8, 4) is 11.6 Å². The Morgan fingerprint density at radius 1 is 1.18 bits per heavy atom. The van der Waals surface area contributed by atoms with Crippen molar-refractivity contribution in [1.29, 1.82) is 0 Å². The SMILES string of the molecule is Cc1ccnc(-n2cc(S(=O)(=O)Nc3cccc(OC4CCCC4)c3)cn2)c1. The molecule has 1 aliphatic rings. The zero-order valence-corrected chi connectivity index (χ0v) is 16.4. The number of hydrogen-bond donors (Lipinski definition) is 1. The van der Waals surface area contributed by atoms with Gasteiger partial charge in [-0.2, -0.15) is 5.10 Å².